The molecule has 0 bridgehead atoms. The van der Waals surface area contributed by atoms with Crippen LogP contribution >= 0.6 is 12.4 Å². The first-order valence-corrected chi connectivity index (χ1v) is 9.11. The van der Waals surface area contributed by atoms with E-state index in [0.29, 0.717) is 13.1 Å². The van der Waals surface area contributed by atoms with Gasteiger partial charge in [0.05, 0.1) is 18.6 Å². The minimum absolute atomic E-state index is 0. The van der Waals surface area contributed by atoms with E-state index in [1.807, 2.05) is 23.1 Å². The lowest BCUT2D eigenvalue weighted by Crippen LogP contribution is -2.48. The van der Waals surface area contributed by atoms with Gasteiger partial charge in [0.25, 0.3) is 0 Å². The lowest BCUT2D eigenvalue weighted by Gasteiger charge is -2.34. The molecule has 26 heavy (non-hydrogen) atoms. The molecule has 0 saturated heterocycles. The Kier molecular flexibility index (Phi) is 7.17. The number of hydrogen-bond acceptors (Lipinski definition) is 4. The molecule has 0 aliphatic carbocycles. The van der Waals surface area contributed by atoms with Crippen LogP contribution < -0.4 is 5.73 Å². The first-order valence-electron chi connectivity index (χ1n) is 9.11. The molecule has 1 aliphatic rings. The van der Waals surface area contributed by atoms with Crippen LogP contribution in [0.4, 0.5) is 0 Å². The van der Waals surface area contributed by atoms with Crippen molar-refractivity contribution < 1.29 is 4.79 Å². The molecule has 0 unspecified atom stereocenters. The van der Waals surface area contributed by atoms with E-state index in [2.05, 4.69) is 40.7 Å². The zero-order valence-electron chi connectivity index (χ0n) is 15.5. The molecule has 142 valence electrons. The van der Waals surface area contributed by atoms with Gasteiger partial charge in [-0.15, -0.1) is 22.6 Å². The van der Waals surface area contributed by atoms with Gasteiger partial charge in [-0.25, -0.2) is 0 Å². The van der Waals surface area contributed by atoms with Crippen LogP contribution in [0.2, 0.25) is 0 Å². The monoisotopic (exact) mass is 377 g/mol. The van der Waals surface area contributed by atoms with Crippen molar-refractivity contribution in [1.29, 1.82) is 0 Å². The average Bonchev–Trinajstić information content (AvgIpc) is 3.03. The number of halogens is 1. The van der Waals surface area contributed by atoms with Crippen molar-refractivity contribution >= 4 is 18.3 Å². The smallest absolute Gasteiger partial charge is 0.239 e. The fourth-order valence-corrected chi connectivity index (χ4v) is 3.46. The van der Waals surface area contributed by atoms with E-state index in [1.165, 1.54) is 5.56 Å². The van der Waals surface area contributed by atoms with Crippen LogP contribution in [0.15, 0.2) is 30.3 Å². The number of fused-ring (bicyclic) bond motifs is 1. The van der Waals surface area contributed by atoms with Crippen LogP contribution in [0.3, 0.4) is 0 Å². The predicted molar refractivity (Wildman–Crippen MR) is 104 cm³/mol. The molecule has 2 N–H and O–H groups in total. The topological polar surface area (TPSA) is 77.0 Å². The highest BCUT2D eigenvalue weighted by atomic mass is 35.5. The van der Waals surface area contributed by atoms with Crippen molar-refractivity contribution in [1.82, 2.24) is 19.7 Å². The normalized spacial score (nSPS) is 17.3. The zero-order valence-corrected chi connectivity index (χ0v) is 16.3. The van der Waals surface area contributed by atoms with Crippen molar-refractivity contribution in [2.75, 3.05) is 6.54 Å². The number of carbonyl (C=O) groups is 1. The Morgan fingerprint density at radius 3 is 2.73 bits per heavy atom. The second-order valence-corrected chi connectivity index (χ2v) is 6.88. The van der Waals surface area contributed by atoms with Crippen LogP contribution in [0.1, 0.15) is 56.4 Å². The molecule has 0 saturated carbocycles. The van der Waals surface area contributed by atoms with Crippen LogP contribution in [-0.2, 0) is 17.8 Å². The average molecular weight is 378 g/mol. The molecule has 0 radical (unpaired) electrons. The Morgan fingerprint density at radius 1 is 1.31 bits per heavy atom. The van der Waals surface area contributed by atoms with E-state index < -0.39 is 6.04 Å². The summed E-state index contributed by atoms with van der Waals surface area (Å²) in [6, 6.07) is 10.0. The lowest BCUT2D eigenvalue weighted by atomic mass is 10.1. The number of unbranched alkanes of at least 4 members (excludes halogenated alkanes) is 1. The molecule has 0 fully saturated rings. The van der Waals surface area contributed by atoms with Crippen LogP contribution in [0.25, 0.3) is 0 Å². The molecule has 1 aromatic carbocycles. The summed E-state index contributed by atoms with van der Waals surface area (Å²) in [5.74, 6) is 1.83. The third-order valence-electron chi connectivity index (χ3n) is 4.80. The summed E-state index contributed by atoms with van der Waals surface area (Å²) in [7, 11) is 0. The summed E-state index contributed by atoms with van der Waals surface area (Å²) in [6.45, 7) is 5.37. The van der Waals surface area contributed by atoms with E-state index in [4.69, 9.17) is 5.73 Å². The molecular formula is C19H28ClN5O. The molecule has 3 rings (SSSR count). The first kappa shape index (κ1) is 20.4. The van der Waals surface area contributed by atoms with Gasteiger partial charge in [-0.1, -0.05) is 50.1 Å². The van der Waals surface area contributed by atoms with Crippen molar-refractivity contribution in [3.8, 4) is 0 Å². The van der Waals surface area contributed by atoms with E-state index in [1.54, 1.807) is 0 Å². The third-order valence-corrected chi connectivity index (χ3v) is 4.80. The van der Waals surface area contributed by atoms with E-state index >= 15 is 0 Å². The van der Waals surface area contributed by atoms with Crippen molar-refractivity contribution in [2.45, 2.75) is 58.2 Å². The fourth-order valence-electron chi connectivity index (χ4n) is 3.46. The molecule has 2 atom stereocenters. The van der Waals surface area contributed by atoms with Crippen LogP contribution in [0.5, 0.6) is 0 Å². The van der Waals surface area contributed by atoms with Gasteiger partial charge in [0.15, 0.2) is 5.82 Å². The van der Waals surface area contributed by atoms with Crippen molar-refractivity contribution in [3.05, 3.63) is 47.5 Å². The Hall–Kier alpha value is -1.92. The second kappa shape index (κ2) is 9.14. The number of benzene rings is 1. The minimum Gasteiger partial charge on any atom is -0.332 e. The molecule has 2 aromatic rings. The maximum Gasteiger partial charge on any atom is 0.239 e. The van der Waals surface area contributed by atoms with Gasteiger partial charge in [0.1, 0.15) is 5.82 Å². The lowest BCUT2D eigenvalue weighted by molar-refractivity contribution is -0.134. The molecule has 1 amide bonds. The van der Waals surface area contributed by atoms with Gasteiger partial charge in [-0.05, 0) is 18.9 Å². The van der Waals surface area contributed by atoms with Gasteiger partial charge in [-0.2, -0.15) is 0 Å². The predicted octanol–water partition coefficient (Wildman–Crippen LogP) is 2.71. The van der Waals surface area contributed by atoms with Gasteiger partial charge in [0.2, 0.25) is 5.91 Å². The van der Waals surface area contributed by atoms with Crippen molar-refractivity contribution in [3.63, 3.8) is 0 Å². The largest absolute Gasteiger partial charge is 0.332 e. The van der Waals surface area contributed by atoms with Crippen LogP contribution in [-0.4, -0.2) is 38.2 Å². The molecule has 1 aromatic heterocycles. The van der Waals surface area contributed by atoms with Gasteiger partial charge >= 0.3 is 0 Å². The molecular weight excluding hydrogens is 350 g/mol. The summed E-state index contributed by atoms with van der Waals surface area (Å²) >= 11 is 0. The fraction of sp³-hybridized carbons (Fsp3) is 0.526. The minimum atomic E-state index is -0.412. The zero-order chi connectivity index (χ0) is 17.8. The number of hydrogen-bond donors (Lipinski definition) is 1. The summed E-state index contributed by atoms with van der Waals surface area (Å²) in [6.07, 6.45) is 3.52. The number of amides is 1. The number of nitrogens with zero attached hydrogens (tertiary/aromatic N) is 4. The Morgan fingerprint density at radius 2 is 2.04 bits per heavy atom. The molecule has 2 heterocycles. The number of nitrogens with two attached hydrogens (primary N) is 1. The molecule has 6 nitrogen and oxygen atoms in total. The Balaban J connectivity index is 0.00000243. The highest BCUT2D eigenvalue weighted by Gasteiger charge is 2.31. The van der Waals surface area contributed by atoms with Crippen LogP contribution in [0, 0.1) is 0 Å². The summed E-state index contributed by atoms with van der Waals surface area (Å²) in [5, 5.41) is 8.71. The van der Waals surface area contributed by atoms with Gasteiger partial charge in [0, 0.05) is 13.0 Å². The molecule has 7 heteroatoms. The summed E-state index contributed by atoms with van der Waals surface area (Å²) in [5.41, 5.74) is 7.29. The number of carbonyl (C=O) groups excluding carboxylic acids is 1. The van der Waals surface area contributed by atoms with Gasteiger partial charge in [-0.3, -0.25) is 4.79 Å². The van der Waals surface area contributed by atoms with E-state index in [-0.39, 0.29) is 24.4 Å². The van der Waals surface area contributed by atoms with Gasteiger partial charge < -0.3 is 15.2 Å². The maximum absolute atomic E-state index is 12.6. The third kappa shape index (κ3) is 4.43. The Bertz CT molecular complexity index is 718. The van der Waals surface area contributed by atoms with E-state index in [0.717, 1.165) is 37.3 Å². The maximum atomic E-state index is 12.6. The SMILES string of the molecule is CCCC[C@H](N)C(=O)N1Cc2nnc(Cc3ccccc3)n2[C@@H](C)C1.Cl. The summed E-state index contributed by atoms with van der Waals surface area (Å²) in [4.78, 5) is 14.4. The summed E-state index contributed by atoms with van der Waals surface area (Å²) < 4.78 is 2.17. The molecule has 1 aliphatic heterocycles. The number of aromatic nitrogens is 3. The number of rotatable bonds is 6. The highest BCUT2D eigenvalue weighted by molar-refractivity contribution is 5.85. The molecule has 0 spiro atoms. The quantitative estimate of drug-likeness (QED) is 0.839. The highest BCUT2D eigenvalue weighted by Crippen LogP contribution is 2.23. The first-order chi connectivity index (χ1) is 12.1. The Labute approximate surface area is 161 Å². The van der Waals surface area contributed by atoms with Crippen molar-refractivity contribution in [2.24, 2.45) is 5.73 Å². The second-order valence-electron chi connectivity index (χ2n) is 6.88. The van der Waals surface area contributed by atoms with E-state index in [9.17, 15) is 4.79 Å². The standard InChI is InChI=1S/C19H27N5O.ClH/c1-3-4-10-16(20)19(25)23-12-14(2)24-17(21-22-18(24)13-23)11-15-8-6-5-7-9-15;/h5-9,14,16H,3-4,10-13,20H2,1-2H3;1H/t14-,16-;/m0./s1.